The van der Waals surface area contributed by atoms with Gasteiger partial charge >= 0.3 is 5.69 Å². The van der Waals surface area contributed by atoms with E-state index in [2.05, 4.69) is 15.3 Å². The molecule has 0 aliphatic carbocycles. The minimum absolute atomic E-state index is 0.0851. The monoisotopic (exact) mass is 290 g/mol. The number of nitrogens with zero attached hydrogens (tertiary/aromatic N) is 3. The number of nitrogens with one attached hydrogen (secondary N) is 1. The summed E-state index contributed by atoms with van der Waals surface area (Å²) in [5.74, 6) is 1.08. The van der Waals surface area contributed by atoms with Gasteiger partial charge in [0.05, 0.1) is 18.1 Å². The van der Waals surface area contributed by atoms with Gasteiger partial charge in [-0.2, -0.15) is 4.98 Å². The first-order chi connectivity index (χ1) is 10.1. The Morgan fingerprint density at radius 3 is 2.86 bits per heavy atom. The second-order valence-corrected chi connectivity index (χ2v) is 3.94. The number of ether oxygens (including phenoxy) is 2. The van der Waals surface area contributed by atoms with Crippen LogP contribution in [-0.4, -0.2) is 28.5 Å². The lowest BCUT2D eigenvalue weighted by Gasteiger charge is -2.08. The Kier molecular flexibility index (Phi) is 4.50. The van der Waals surface area contributed by atoms with Crippen LogP contribution < -0.4 is 14.8 Å². The van der Waals surface area contributed by atoms with E-state index >= 15 is 0 Å². The Balaban J connectivity index is 2.30. The molecule has 2 rings (SSSR count). The van der Waals surface area contributed by atoms with E-state index in [1.165, 1.54) is 31.5 Å². The fraction of sp³-hybridized carbons (Fsp3) is 0.231. The summed E-state index contributed by atoms with van der Waals surface area (Å²) in [7, 11) is 1.44. The summed E-state index contributed by atoms with van der Waals surface area (Å²) in [5.41, 5.74) is -0.196. The van der Waals surface area contributed by atoms with Crippen LogP contribution in [0.3, 0.4) is 0 Å². The number of hydrogen-bond acceptors (Lipinski definition) is 7. The van der Waals surface area contributed by atoms with Crippen molar-refractivity contribution in [1.29, 1.82) is 0 Å². The highest BCUT2D eigenvalue weighted by molar-refractivity contribution is 5.52. The molecule has 0 aliphatic heterocycles. The van der Waals surface area contributed by atoms with Gasteiger partial charge in [-0.1, -0.05) is 0 Å². The largest absolute Gasteiger partial charge is 0.496 e. The number of hydrogen-bond donors (Lipinski definition) is 1. The molecule has 21 heavy (non-hydrogen) atoms. The van der Waals surface area contributed by atoms with E-state index in [9.17, 15) is 10.1 Å². The molecule has 0 amide bonds. The molecule has 0 aliphatic rings. The molecule has 8 heteroatoms. The second kappa shape index (κ2) is 6.51. The van der Waals surface area contributed by atoms with Crippen molar-refractivity contribution in [2.24, 2.45) is 0 Å². The van der Waals surface area contributed by atoms with Crippen molar-refractivity contribution in [3.8, 4) is 17.4 Å². The summed E-state index contributed by atoms with van der Waals surface area (Å²) < 4.78 is 10.4. The Hall–Kier alpha value is -2.90. The maximum atomic E-state index is 11.1. The van der Waals surface area contributed by atoms with Crippen LogP contribution in [0.25, 0.3) is 0 Å². The summed E-state index contributed by atoms with van der Waals surface area (Å²) in [4.78, 5) is 18.6. The highest BCUT2D eigenvalue weighted by Crippen LogP contribution is 2.33. The van der Waals surface area contributed by atoms with Crippen LogP contribution in [0.5, 0.6) is 17.4 Å². The zero-order chi connectivity index (χ0) is 15.2. The smallest absolute Gasteiger partial charge is 0.315 e. The maximum Gasteiger partial charge on any atom is 0.315 e. The molecule has 0 fully saturated rings. The van der Waals surface area contributed by atoms with Crippen molar-refractivity contribution in [2.75, 3.05) is 19.0 Å². The Labute approximate surface area is 120 Å². The van der Waals surface area contributed by atoms with Gasteiger partial charge in [-0.05, 0) is 19.1 Å². The molecule has 0 spiro atoms. The molecule has 0 unspecified atom stereocenters. The number of nitro groups is 1. The van der Waals surface area contributed by atoms with Crippen LogP contribution in [0.2, 0.25) is 0 Å². The number of anilines is 1. The summed E-state index contributed by atoms with van der Waals surface area (Å²) in [6, 6.07) is 5.86. The lowest BCUT2D eigenvalue weighted by atomic mass is 10.3. The quantitative estimate of drug-likeness (QED) is 0.644. The van der Waals surface area contributed by atoms with Gasteiger partial charge in [-0.3, -0.25) is 10.1 Å². The van der Waals surface area contributed by atoms with Gasteiger partial charge in [0.2, 0.25) is 17.6 Å². The number of rotatable bonds is 6. The fourth-order valence-electron chi connectivity index (χ4n) is 1.61. The van der Waals surface area contributed by atoms with Gasteiger partial charge in [0.15, 0.2) is 0 Å². The highest BCUT2D eigenvalue weighted by Gasteiger charge is 2.17. The van der Waals surface area contributed by atoms with Crippen LogP contribution in [-0.2, 0) is 0 Å². The zero-order valence-electron chi connectivity index (χ0n) is 11.6. The van der Waals surface area contributed by atoms with Gasteiger partial charge in [0.25, 0.3) is 0 Å². The van der Waals surface area contributed by atoms with E-state index in [-0.39, 0.29) is 17.3 Å². The van der Waals surface area contributed by atoms with E-state index in [1.807, 2.05) is 6.92 Å². The predicted molar refractivity (Wildman–Crippen MR) is 75.9 cm³/mol. The first-order valence-corrected chi connectivity index (χ1v) is 6.21. The van der Waals surface area contributed by atoms with Crippen molar-refractivity contribution < 1.29 is 14.4 Å². The van der Waals surface area contributed by atoms with Crippen molar-refractivity contribution in [1.82, 2.24) is 9.97 Å². The minimum Gasteiger partial charge on any atom is -0.496 e. The number of benzene rings is 1. The lowest BCUT2D eigenvalue weighted by molar-refractivity contribution is -0.385. The van der Waals surface area contributed by atoms with Crippen LogP contribution in [0.4, 0.5) is 11.6 Å². The third kappa shape index (κ3) is 3.56. The number of methoxy groups -OCH3 is 1. The first kappa shape index (κ1) is 14.5. The highest BCUT2D eigenvalue weighted by atomic mass is 16.6. The van der Waals surface area contributed by atoms with Crippen LogP contribution in [0.1, 0.15) is 6.92 Å². The van der Waals surface area contributed by atoms with E-state index in [1.54, 1.807) is 6.07 Å². The molecular formula is C13H14N4O4. The fourth-order valence-corrected chi connectivity index (χ4v) is 1.61. The summed E-state index contributed by atoms with van der Waals surface area (Å²) in [6.45, 7) is 2.57. The molecule has 1 aromatic carbocycles. The maximum absolute atomic E-state index is 11.1. The number of nitro benzene ring substituents is 1. The van der Waals surface area contributed by atoms with Gasteiger partial charge in [0.1, 0.15) is 5.75 Å². The van der Waals surface area contributed by atoms with Crippen molar-refractivity contribution in [2.45, 2.75) is 6.92 Å². The molecule has 2 aromatic rings. The van der Waals surface area contributed by atoms with Gasteiger partial charge < -0.3 is 14.8 Å². The van der Waals surface area contributed by atoms with Gasteiger partial charge in [-0.15, -0.1) is 0 Å². The molecule has 0 atom stereocenters. The lowest BCUT2D eigenvalue weighted by Crippen LogP contribution is -2.02. The molecule has 0 saturated carbocycles. The van der Waals surface area contributed by atoms with Crippen molar-refractivity contribution in [3.05, 3.63) is 40.6 Å². The summed E-state index contributed by atoms with van der Waals surface area (Å²) >= 11 is 0. The molecule has 110 valence electrons. The molecule has 0 bridgehead atoms. The van der Waals surface area contributed by atoms with Crippen molar-refractivity contribution >= 4 is 11.6 Å². The molecule has 8 nitrogen and oxygen atoms in total. The van der Waals surface area contributed by atoms with E-state index in [4.69, 9.17) is 9.47 Å². The zero-order valence-corrected chi connectivity index (χ0v) is 11.6. The Morgan fingerprint density at radius 2 is 2.19 bits per heavy atom. The van der Waals surface area contributed by atoms with E-state index < -0.39 is 4.92 Å². The number of aromatic nitrogens is 2. The Morgan fingerprint density at radius 1 is 1.38 bits per heavy atom. The molecule has 0 radical (unpaired) electrons. The van der Waals surface area contributed by atoms with Crippen LogP contribution in [0, 0.1) is 10.1 Å². The second-order valence-electron chi connectivity index (χ2n) is 3.94. The molecule has 1 N–H and O–H groups in total. The molecular weight excluding hydrogens is 276 g/mol. The van der Waals surface area contributed by atoms with E-state index in [0.717, 1.165) is 0 Å². The summed E-state index contributed by atoms with van der Waals surface area (Å²) in [5, 5.41) is 14.0. The average molecular weight is 290 g/mol. The molecule has 1 aromatic heterocycles. The van der Waals surface area contributed by atoms with Crippen molar-refractivity contribution in [3.63, 3.8) is 0 Å². The topological polar surface area (TPSA) is 99.4 Å². The van der Waals surface area contributed by atoms with Crippen LogP contribution in [0.15, 0.2) is 30.5 Å². The third-order valence-corrected chi connectivity index (χ3v) is 2.54. The van der Waals surface area contributed by atoms with E-state index in [0.29, 0.717) is 18.2 Å². The first-order valence-electron chi connectivity index (χ1n) is 6.21. The Bertz CT molecular complexity index is 648. The summed E-state index contributed by atoms with van der Waals surface area (Å²) in [6.07, 6.45) is 1.51. The van der Waals surface area contributed by atoms with Crippen LogP contribution >= 0.6 is 0 Å². The predicted octanol–water partition coefficient (Wildman–Crippen LogP) is 2.62. The molecule has 1 heterocycles. The average Bonchev–Trinajstić information content (AvgIpc) is 2.48. The van der Waals surface area contributed by atoms with Gasteiger partial charge in [-0.25, -0.2) is 4.98 Å². The third-order valence-electron chi connectivity index (χ3n) is 2.54. The SMILES string of the molecule is CCNc1nccc(Oc2ccc(OC)cc2[N+](=O)[O-])n1. The minimum atomic E-state index is -0.537. The molecule has 0 saturated heterocycles. The van der Waals surface area contributed by atoms with Gasteiger partial charge in [0, 0.05) is 18.8 Å². The normalized spacial score (nSPS) is 10.0. The standard InChI is InChI=1S/C13H14N4O4/c1-3-14-13-15-7-6-12(16-13)21-11-5-4-9(20-2)8-10(11)17(18)19/h4-8H,3H2,1-2H3,(H,14,15,16).